The van der Waals surface area contributed by atoms with Crippen LogP contribution in [0.2, 0.25) is 0 Å². The Labute approximate surface area is 141 Å². The van der Waals surface area contributed by atoms with E-state index in [1.165, 1.54) is 0 Å². The smallest absolute Gasteiger partial charge is 0.401 e. The van der Waals surface area contributed by atoms with Crippen LogP contribution in [0, 0.1) is 13.8 Å². The molecule has 0 bridgehead atoms. The van der Waals surface area contributed by atoms with Gasteiger partial charge in [-0.05, 0) is 44.9 Å². The molecular weight excluding hydrogens is 335 g/mol. The zero-order chi connectivity index (χ0) is 18.5. The van der Waals surface area contributed by atoms with Crippen LogP contribution >= 0.6 is 0 Å². The number of aryl methyl sites for hydroxylation is 2. The highest BCUT2D eigenvalue weighted by atomic mass is 19.4. The van der Waals surface area contributed by atoms with Crippen LogP contribution in [0.5, 0.6) is 0 Å². The summed E-state index contributed by atoms with van der Waals surface area (Å²) in [6, 6.07) is 3.97. The van der Waals surface area contributed by atoms with Crippen LogP contribution in [-0.2, 0) is 6.18 Å². The first kappa shape index (κ1) is 17.2. The molecule has 0 unspecified atom stereocenters. The largest absolute Gasteiger partial charge is 0.435 e. The first-order valence-corrected chi connectivity index (χ1v) is 7.67. The average molecular weight is 351 g/mol. The standard InChI is InChI=1S/C17H16F3N3O2/c1-8(2)23-12(7-13(22-23)17(18,19)20)15-21-14-10(4)5-9(3)6-11(14)16(24)25-15/h5-8H,1-4H3. The first-order chi connectivity index (χ1) is 11.6. The molecule has 0 saturated carbocycles. The van der Waals surface area contributed by atoms with Gasteiger partial charge in [0.25, 0.3) is 0 Å². The van der Waals surface area contributed by atoms with Crippen LogP contribution in [0.25, 0.3) is 22.5 Å². The van der Waals surface area contributed by atoms with Gasteiger partial charge in [-0.2, -0.15) is 18.3 Å². The molecule has 5 nitrogen and oxygen atoms in total. The summed E-state index contributed by atoms with van der Waals surface area (Å²) in [6.07, 6.45) is -4.60. The SMILES string of the molecule is Cc1cc(C)c2nc(-c3cc(C(F)(F)F)nn3C(C)C)oc(=O)c2c1. The van der Waals surface area contributed by atoms with Crippen molar-refractivity contribution in [2.45, 2.75) is 39.9 Å². The molecule has 0 fully saturated rings. The Balaban J connectivity index is 2.30. The third-order valence-corrected chi connectivity index (χ3v) is 3.80. The number of rotatable bonds is 2. The first-order valence-electron chi connectivity index (χ1n) is 7.67. The minimum absolute atomic E-state index is 0.0151. The molecule has 0 saturated heterocycles. The maximum atomic E-state index is 13.0. The molecule has 0 spiro atoms. The second-order valence-electron chi connectivity index (χ2n) is 6.24. The van der Waals surface area contributed by atoms with E-state index in [2.05, 4.69) is 10.1 Å². The molecule has 0 aliphatic carbocycles. The highest BCUT2D eigenvalue weighted by Crippen LogP contribution is 2.32. The summed E-state index contributed by atoms with van der Waals surface area (Å²) in [6.45, 7) is 6.99. The molecular formula is C17H16F3N3O2. The van der Waals surface area contributed by atoms with Crippen LogP contribution in [0.1, 0.15) is 36.7 Å². The molecule has 8 heteroatoms. The van der Waals surface area contributed by atoms with E-state index < -0.39 is 17.5 Å². The third-order valence-electron chi connectivity index (χ3n) is 3.80. The fraction of sp³-hybridized carbons (Fsp3) is 0.353. The van der Waals surface area contributed by atoms with Gasteiger partial charge >= 0.3 is 11.8 Å². The molecule has 1 aromatic carbocycles. The van der Waals surface area contributed by atoms with E-state index in [4.69, 9.17) is 4.42 Å². The number of nitrogens with zero attached hydrogens (tertiary/aromatic N) is 3. The lowest BCUT2D eigenvalue weighted by Gasteiger charge is -2.10. The van der Waals surface area contributed by atoms with Crippen molar-refractivity contribution in [3.05, 3.63) is 45.4 Å². The van der Waals surface area contributed by atoms with Crippen molar-refractivity contribution in [3.63, 3.8) is 0 Å². The van der Waals surface area contributed by atoms with Crippen LogP contribution < -0.4 is 5.63 Å². The van der Waals surface area contributed by atoms with Gasteiger partial charge in [-0.1, -0.05) is 6.07 Å². The number of aromatic nitrogens is 3. The second-order valence-corrected chi connectivity index (χ2v) is 6.24. The minimum atomic E-state index is -4.60. The van der Waals surface area contributed by atoms with E-state index in [0.717, 1.165) is 21.9 Å². The van der Waals surface area contributed by atoms with Crippen molar-refractivity contribution in [3.8, 4) is 11.6 Å². The van der Waals surface area contributed by atoms with Gasteiger partial charge in [0, 0.05) is 12.1 Å². The molecule has 2 aromatic heterocycles. The molecule has 0 N–H and O–H groups in total. The highest BCUT2D eigenvalue weighted by molar-refractivity contribution is 5.82. The van der Waals surface area contributed by atoms with Crippen LogP contribution in [0.3, 0.4) is 0 Å². The van der Waals surface area contributed by atoms with E-state index >= 15 is 0 Å². The zero-order valence-corrected chi connectivity index (χ0v) is 14.1. The Kier molecular flexibility index (Phi) is 3.93. The molecule has 0 amide bonds. The van der Waals surface area contributed by atoms with Gasteiger partial charge in [0.2, 0.25) is 5.89 Å². The molecule has 0 aliphatic heterocycles. The van der Waals surface area contributed by atoms with Gasteiger partial charge in [-0.25, -0.2) is 9.78 Å². The minimum Gasteiger partial charge on any atom is -0.401 e. The van der Waals surface area contributed by atoms with Crippen molar-refractivity contribution in [1.82, 2.24) is 14.8 Å². The summed E-state index contributed by atoms with van der Waals surface area (Å²) in [5.41, 5.74) is 0.343. The Bertz CT molecular complexity index is 1020. The number of alkyl halides is 3. The van der Waals surface area contributed by atoms with Gasteiger partial charge < -0.3 is 4.42 Å². The molecule has 2 heterocycles. The van der Waals surface area contributed by atoms with Gasteiger partial charge in [0.15, 0.2) is 5.69 Å². The lowest BCUT2D eigenvalue weighted by molar-refractivity contribution is -0.141. The number of benzene rings is 1. The molecule has 3 rings (SSSR count). The van der Waals surface area contributed by atoms with E-state index in [-0.39, 0.29) is 17.6 Å². The number of hydrogen-bond acceptors (Lipinski definition) is 4. The maximum absolute atomic E-state index is 13.0. The van der Waals surface area contributed by atoms with Crippen molar-refractivity contribution in [2.75, 3.05) is 0 Å². The molecule has 25 heavy (non-hydrogen) atoms. The third kappa shape index (κ3) is 3.04. The summed E-state index contributed by atoms with van der Waals surface area (Å²) >= 11 is 0. The average Bonchev–Trinajstić information content (AvgIpc) is 2.93. The maximum Gasteiger partial charge on any atom is 0.435 e. The van der Waals surface area contributed by atoms with Crippen molar-refractivity contribution in [2.24, 2.45) is 0 Å². The summed E-state index contributed by atoms with van der Waals surface area (Å²) in [5, 5.41) is 3.89. The fourth-order valence-corrected chi connectivity index (χ4v) is 2.73. The highest BCUT2D eigenvalue weighted by Gasteiger charge is 2.36. The predicted octanol–water partition coefficient (Wildman–Crippen LogP) is 4.27. The van der Waals surface area contributed by atoms with Crippen LogP contribution in [0.15, 0.2) is 27.4 Å². The second kappa shape index (κ2) is 5.72. The van der Waals surface area contributed by atoms with Crippen LogP contribution in [-0.4, -0.2) is 14.8 Å². The molecule has 132 valence electrons. The van der Waals surface area contributed by atoms with Crippen molar-refractivity contribution < 1.29 is 17.6 Å². The zero-order valence-electron chi connectivity index (χ0n) is 14.1. The summed E-state index contributed by atoms with van der Waals surface area (Å²) < 4.78 is 45.4. The monoisotopic (exact) mass is 351 g/mol. The lowest BCUT2D eigenvalue weighted by atomic mass is 10.1. The Morgan fingerprint density at radius 3 is 2.44 bits per heavy atom. The lowest BCUT2D eigenvalue weighted by Crippen LogP contribution is -2.11. The quantitative estimate of drug-likeness (QED) is 0.692. The predicted molar refractivity (Wildman–Crippen MR) is 86.4 cm³/mol. The fourth-order valence-electron chi connectivity index (χ4n) is 2.73. The van der Waals surface area contributed by atoms with Crippen LogP contribution in [0.4, 0.5) is 13.2 Å². The number of fused-ring (bicyclic) bond motifs is 1. The van der Waals surface area contributed by atoms with Gasteiger partial charge in [0.1, 0.15) is 5.69 Å². The number of hydrogen-bond donors (Lipinski definition) is 0. The van der Waals surface area contributed by atoms with Gasteiger partial charge in [0.05, 0.1) is 10.9 Å². The van der Waals surface area contributed by atoms with E-state index in [1.807, 2.05) is 13.0 Å². The van der Waals surface area contributed by atoms with Crippen molar-refractivity contribution >= 4 is 10.9 Å². The molecule has 0 radical (unpaired) electrons. The Hall–Kier alpha value is -2.64. The molecule has 0 atom stereocenters. The Morgan fingerprint density at radius 1 is 1.16 bits per heavy atom. The molecule has 0 aliphatic rings. The van der Waals surface area contributed by atoms with E-state index in [9.17, 15) is 18.0 Å². The normalized spacial score (nSPS) is 12.3. The van der Waals surface area contributed by atoms with E-state index in [1.54, 1.807) is 26.8 Å². The van der Waals surface area contributed by atoms with E-state index in [0.29, 0.717) is 10.9 Å². The van der Waals surface area contributed by atoms with Crippen molar-refractivity contribution in [1.29, 1.82) is 0 Å². The van der Waals surface area contributed by atoms with Gasteiger partial charge in [-0.15, -0.1) is 0 Å². The summed E-state index contributed by atoms with van der Waals surface area (Å²) in [7, 11) is 0. The summed E-state index contributed by atoms with van der Waals surface area (Å²) in [5.74, 6) is -0.179. The molecule has 3 aromatic rings. The Morgan fingerprint density at radius 2 is 1.84 bits per heavy atom. The summed E-state index contributed by atoms with van der Waals surface area (Å²) in [4.78, 5) is 16.6. The van der Waals surface area contributed by atoms with Gasteiger partial charge in [-0.3, -0.25) is 4.68 Å². The number of halogens is 3. The topological polar surface area (TPSA) is 60.9 Å².